The van der Waals surface area contributed by atoms with Crippen LogP contribution in [0.5, 0.6) is 17.2 Å². The van der Waals surface area contributed by atoms with Gasteiger partial charge in [-0.15, -0.1) is 0 Å². The Labute approximate surface area is 917 Å². The fourth-order valence-corrected chi connectivity index (χ4v) is 21.5. The molecule has 0 saturated carbocycles. The largest absolute Gasteiger partial charge is 1.00 e. The number of aliphatic imine (C=N–C) groups is 3. The van der Waals surface area contributed by atoms with E-state index in [0.29, 0.717) is 138 Å². The third kappa shape index (κ3) is 35.7. The first kappa shape index (κ1) is 121. The number of piperazine rings is 3. The molecule has 807 valence electrons. The number of amidine groups is 3. The van der Waals surface area contributed by atoms with Gasteiger partial charge in [-0.1, -0.05) is 181 Å². The maximum absolute atomic E-state index is 14.4. The summed E-state index contributed by atoms with van der Waals surface area (Å²) in [5.41, 5.74) is 20.2. The number of hydrogen-bond acceptors (Lipinski definition) is 28. The average molecular weight is 2070 g/mol. The van der Waals surface area contributed by atoms with Crippen molar-refractivity contribution in [3.8, 4) is 29.4 Å². The van der Waals surface area contributed by atoms with Crippen molar-refractivity contribution in [1.82, 2.24) is 54.7 Å². The van der Waals surface area contributed by atoms with E-state index in [4.69, 9.17) is 54.9 Å². The molecule has 31 nitrogen and oxygen atoms in total. The van der Waals surface area contributed by atoms with Crippen LogP contribution in [0.1, 0.15) is 267 Å². The number of nitrogens with zero attached hydrogens (tertiary/aromatic N) is 14. The van der Waals surface area contributed by atoms with Crippen LogP contribution in [0.4, 0.5) is 0 Å². The molecule has 15 rings (SSSR count). The Hall–Kier alpha value is -10.6. The first-order valence-electron chi connectivity index (χ1n) is 54.7. The quantitative estimate of drug-likeness (QED) is 0.0205. The van der Waals surface area contributed by atoms with E-state index in [1.807, 2.05) is 137 Å². The number of ketones is 4. The number of rotatable bonds is 41. The smallest absolute Gasteiger partial charge is 1.00 e. The predicted molar refractivity (Wildman–Crippen MR) is 587 cm³/mol. The maximum Gasteiger partial charge on any atom is 1.00 e. The number of methoxy groups -OCH3 is 3. The van der Waals surface area contributed by atoms with Gasteiger partial charge in [0.1, 0.15) is 71.6 Å². The van der Waals surface area contributed by atoms with Gasteiger partial charge >= 0.3 is 29.6 Å². The molecule has 12 atom stereocenters. The molecule has 6 aromatic carbocycles. The summed E-state index contributed by atoms with van der Waals surface area (Å²) in [6.45, 7) is 32.0. The second kappa shape index (κ2) is 62.5. The third-order valence-electron chi connectivity index (χ3n) is 29.6. The molecule has 6 N–H and O–H groups in total. The molecule has 0 bridgehead atoms. The number of hydrogen-bond donors (Lipinski definition) is 4. The summed E-state index contributed by atoms with van der Waals surface area (Å²) >= 11 is 0. The van der Waals surface area contributed by atoms with Crippen LogP contribution in [0.2, 0.25) is 0 Å². The average Bonchev–Trinajstić information content (AvgIpc) is 1.76. The second-order valence-corrected chi connectivity index (χ2v) is 41.8. The van der Waals surface area contributed by atoms with Crippen LogP contribution in [0.15, 0.2) is 161 Å². The van der Waals surface area contributed by atoms with E-state index < -0.39 is 24.2 Å². The van der Waals surface area contributed by atoms with E-state index in [9.17, 15) is 44.1 Å². The number of likely N-dealkylation sites (tertiary alicyclic amines) is 3. The molecule has 9 heterocycles. The molecule has 3 amide bonds. The minimum Gasteiger partial charge on any atom is -1.00 e. The number of piperidine rings is 3. The minimum absolute atomic E-state index is 0. The first-order chi connectivity index (χ1) is 71.6. The molecule has 150 heavy (non-hydrogen) atoms. The summed E-state index contributed by atoms with van der Waals surface area (Å²) in [4.78, 5) is 128. The van der Waals surface area contributed by atoms with Crippen molar-refractivity contribution in [2.24, 2.45) is 26.4 Å². The SMILES string of the molecule is CC(C)=O.COc1cc(CCC(=O)[C@@H]2CN(C3=N[C@@H](C)[C@H](c4ccccc4)O3)CCN2C(=O)[C@@H](CCCCN2CCCCC2)NC(C)C)ccc1C#N.COc1cc(CCC(=O)[C@@H]2CN(C3=N[C@@H](C)[C@H](c4ccccc4)O3)CCN2C(=O)[C@@H](CCCCN2CCCCC2)NC(C)C)ccc1CN.COc1cc(CCC(=O)[C@@H]2CN(C3=N[C@@H](C)[C@H](c4ccccc4)O3)CCN2C(=O)[C@H](N)CCCCN2CCCCC2)ccc1C#N.[B].[H-].[Na+]. The summed E-state index contributed by atoms with van der Waals surface area (Å²) in [7, 11) is 4.70. The standard InChI is InChI=1S/C39H58N6O4.C39H54N6O4.C36H48N6O4.C3H6O.B.Na.H/c2*1-28(2)41-33(15-9-12-22-43-20-10-6-11-21-43)38(47)45-24-23-44(39-42-29(3)37(49-39)31-13-7-5-8-14-31)27-34(45)35(46)19-17-30-16-18-32(26-40)36(25-30)48-4;1-26-34(28-11-5-3-6-12-28)46-36(39-26)41-21-22-42(35(44)30(38)13-7-10-20-40-18-8-4-9-19-40)31(25-41)32(43)17-15-27-14-16-29(24-37)33(23-27)45-2;1-3(2)4;;;/h5,7-8,13-14,16,18,25,28-29,33-34,37,41H,6,9-12,15,17,19-24,26-27,40H2,1-4H3;5,7-8,13-14,16,18,25,28-29,33-34,37,41H,6,9-12,15,17,19-24,27H2,1-4H3;3,5-6,11-12,14,16,23,26,30-31,34H,4,7-10,13,15,17-22,25,38H2,1-2H3;1-2H3;;;/q;;;;;+1;-1/t2*29-,33+,34-,37+;26-,30+,31-,34+;;;;/m000..../s1. The second-order valence-electron chi connectivity index (χ2n) is 41.8. The van der Waals surface area contributed by atoms with E-state index in [1.54, 1.807) is 30.2 Å². The van der Waals surface area contributed by atoms with Crippen molar-refractivity contribution in [2.45, 2.75) is 308 Å². The number of unbranched alkanes of at least 4 members (excludes halogenated alkanes) is 3. The van der Waals surface area contributed by atoms with Gasteiger partial charge in [0.15, 0.2) is 17.3 Å². The Morgan fingerprint density at radius 3 is 1.02 bits per heavy atom. The number of carbonyl (C=O) groups excluding carboxylic acids is 7. The molecule has 33 heteroatoms. The summed E-state index contributed by atoms with van der Waals surface area (Å²) in [5.74, 6) is 1.73. The number of aryl methyl sites for hydroxylation is 3. The zero-order valence-electron chi connectivity index (χ0n) is 92.6. The van der Waals surface area contributed by atoms with E-state index in [2.05, 4.69) is 101 Å². The molecule has 3 radical (unpaired) electrons. The summed E-state index contributed by atoms with van der Waals surface area (Å²) < 4.78 is 35.5. The summed E-state index contributed by atoms with van der Waals surface area (Å²) in [6, 6.07) is 49.7. The summed E-state index contributed by atoms with van der Waals surface area (Å²) in [6.07, 6.45) is 21.4. The number of nitrogens with one attached hydrogen (secondary N) is 2. The van der Waals surface area contributed by atoms with Crippen LogP contribution in [0.3, 0.4) is 0 Å². The van der Waals surface area contributed by atoms with Gasteiger partial charge in [0.25, 0.3) is 18.1 Å². The van der Waals surface area contributed by atoms with Gasteiger partial charge in [-0.2, -0.15) is 10.5 Å². The molecule has 9 aliphatic heterocycles. The van der Waals surface area contributed by atoms with E-state index in [-0.39, 0.29) is 154 Å². The van der Waals surface area contributed by atoms with Gasteiger partial charge in [-0.05, 0) is 254 Å². The molecule has 6 saturated heterocycles. The van der Waals surface area contributed by atoms with Gasteiger partial charge in [0.2, 0.25) is 17.7 Å². The number of benzene rings is 6. The Morgan fingerprint density at radius 1 is 0.420 bits per heavy atom. The monoisotopic (exact) mass is 2070 g/mol. The number of amides is 3. The molecule has 0 aromatic heterocycles. The predicted octanol–water partition coefficient (Wildman–Crippen LogP) is 11.2. The molecule has 0 unspecified atom stereocenters. The van der Waals surface area contributed by atoms with Crippen molar-refractivity contribution in [3.05, 3.63) is 196 Å². The fourth-order valence-electron chi connectivity index (χ4n) is 21.5. The van der Waals surface area contributed by atoms with Gasteiger partial charge in [0.05, 0.1) is 68.7 Å². The zero-order valence-corrected chi connectivity index (χ0v) is 93.6. The van der Waals surface area contributed by atoms with E-state index in [0.717, 1.165) is 129 Å². The van der Waals surface area contributed by atoms with Crippen LogP contribution in [-0.2, 0) is 73.6 Å². The third-order valence-corrected chi connectivity index (χ3v) is 29.6. The molecule has 6 fully saturated rings. The van der Waals surface area contributed by atoms with Gasteiger partial charge < -0.3 is 101 Å². The molecular formula is C117H167BN18NaO13. The van der Waals surface area contributed by atoms with Crippen LogP contribution >= 0.6 is 0 Å². The van der Waals surface area contributed by atoms with Crippen molar-refractivity contribution >= 4 is 67.3 Å². The summed E-state index contributed by atoms with van der Waals surface area (Å²) in [5, 5.41) is 25.8. The van der Waals surface area contributed by atoms with Crippen LogP contribution in [0.25, 0.3) is 0 Å². The normalized spacial score (nSPS) is 21.5. The molecule has 6 aromatic rings. The van der Waals surface area contributed by atoms with Crippen molar-refractivity contribution in [2.75, 3.05) is 139 Å². The Bertz CT molecular complexity index is 5430. The van der Waals surface area contributed by atoms with Crippen molar-refractivity contribution in [3.63, 3.8) is 0 Å². The van der Waals surface area contributed by atoms with Gasteiger partial charge in [-0.25, -0.2) is 15.0 Å². The number of nitrogens with two attached hydrogens (primary N) is 2. The number of carbonyl (C=O) groups is 7. The van der Waals surface area contributed by atoms with Crippen LogP contribution in [0, 0.1) is 22.7 Å². The topological polar surface area (TPSA) is 365 Å². The number of nitriles is 2. The first-order valence-corrected chi connectivity index (χ1v) is 54.7. The molecule has 0 aliphatic carbocycles. The Balaban J connectivity index is 0.000000244. The Kier molecular flexibility index (Phi) is 50.5. The molecular weight excluding hydrogens is 1900 g/mol. The van der Waals surface area contributed by atoms with Crippen LogP contribution in [-0.4, -0.2) is 317 Å². The van der Waals surface area contributed by atoms with E-state index >= 15 is 0 Å². The molecule has 9 aliphatic rings. The number of Topliss-reactive ketones (excluding diaryl/α,β-unsaturated/α-hetero) is 4. The maximum atomic E-state index is 14.4. The Morgan fingerprint density at radius 2 is 0.720 bits per heavy atom. The van der Waals surface area contributed by atoms with Gasteiger partial charge in [-0.3, -0.25) is 28.8 Å². The zero-order chi connectivity index (χ0) is 106. The van der Waals surface area contributed by atoms with Crippen molar-refractivity contribution in [1.29, 1.82) is 10.5 Å². The van der Waals surface area contributed by atoms with Crippen molar-refractivity contribution < 1.29 is 93.0 Å². The van der Waals surface area contributed by atoms with Gasteiger partial charge in [0, 0.05) is 111 Å². The van der Waals surface area contributed by atoms with E-state index in [1.165, 1.54) is 112 Å². The minimum atomic E-state index is -0.668. The molecule has 0 spiro atoms. The van der Waals surface area contributed by atoms with Crippen LogP contribution < -0.4 is 65.9 Å². The fraction of sp³-hybridized carbons (Fsp3) is 0.590. The number of ether oxygens (including phenoxy) is 6.